The van der Waals surface area contributed by atoms with E-state index in [1.165, 1.54) is 19.1 Å². The van der Waals surface area contributed by atoms with Crippen LogP contribution in [0.3, 0.4) is 0 Å². The van der Waals surface area contributed by atoms with Gasteiger partial charge in [0.25, 0.3) is 0 Å². The van der Waals surface area contributed by atoms with Crippen molar-refractivity contribution >= 4 is 22.6 Å². The Balaban J connectivity index is 2.80. The van der Waals surface area contributed by atoms with Crippen molar-refractivity contribution in [2.45, 2.75) is 19.1 Å². The first-order valence-electron chi connectivity index (χ1n) is 5.24. The summed E-state index contributed by atoms with van der Waals surface area (Å²) in [6.07, 6.45) is -2.22. The Morgan fingerprint density at radius 3 is 2.78 bits per heavy atom. The number of carbonyl (C=O) groups is 1. The summed E-state index contributed by atoms with van der Waals surface area (Å²) in [5.74, 6) is 0.1000. The van der Waals surface area contributed by atoms with Gasteiger partial charge in [0, 0.05) is 18.4 Å². The van der Waals surface area contributed by atoms with Crippen molar-refractivity contribution in [2.75, 3.05) is 11.5 Å². The maximum absolute atomic E-state index is 10.8. The number of nitrogen functional groups attached to an aromatic ring is 1. The van der Waals surface area contributed by atoms with Crippen LogP contribution in [0, 0.1) is 11.3 Å². The maximum Gasteiger partial charge on any atom is 0.185 e. The van der Waals surface area contributed by atoms with E-state index in [0.29, 0.717) is 11.3 Å². The molecule has 18 heavy (non-hydrogen) atoms. The average molecular weight is 266 g/mol. The minimum atomic E-state index is -1.15. The van der Waals surface area contributed by atoms with E-state index in [1.54, 1.807) is 6.07 Å². The second kappa shape index (κ2) is 6.40. The molecular formula is C12H14N2O3S. The first-order valence-corrected chi connectivity index (χ1v) is 6.23. The highest BCUT2D eigenvalue weighted by Gasteiger charge is 2.19. The molecule has 0 radical (unpaired) electrons. The molecule has 0 aliphatic rings. The molecule has 2 unspecified atom stereocenters. The minimum Gasteiger partial charge on any atom is -0.398 e. The lowest BCUT2D eigenvalue weighted by molar-refractivity contribution is -0.109. The summed E-state index contributed by atoms with van der Waals surface area (Å²) in [5.41, 5.74) is 6.53. The van der Waals surface area contributed by atoms with Crippen LogP contribution in [0.1, 0.15) is 24.2 Å². The van der Waals surface area contributed by atoms with Gasteiger partial charge in [-0.3, -0.25) is 4.79 Å². The van der Waals surface area contributed by atoms with Crippen molar-refractivity contribution in [3.05, 3.63) is 29.3 Å². The van der Waals surface area contributed by atoms with Gasteiger partial charge >= 0.3 is 0 Å². The van der Waals surface area contributed by atoms with Crippen molar-refractivity contribution in [3.8, 4) is 6.07 Å². The standard InChI is InChI=1S/C12H14N2O3S/c1-7(15)18-6-11(16)12(17)8-2-3-10(14)9(4-8)5-13/h2-4,11-12,16-17H,6,14H2,1H3. The molecule has 0 aromatic heterocycles. The van der Waals surface area contributed by atoms with Crippen LogP contribution in [0.15, 0.2) is 18.2 Å². The minimum absolute atomic E-state index is 0.1000. The van der Waals surface area contributed by atoms with E-state index in [2.05, 4.69) is 0 Å². The van der Waals surface area contributed by atoms with E-state index >= 15 is 0 Å². The number of benzene rings is 1. The molecule has 6 heteroatoms. The van der Waals surface area contributed by atoms with Crippen molar-refractivity contribution in [1.82, 2.24) is 0 Å². The number of carbonyl (C=O) groups excluding carboxylic acids is 1. The van der Waals surface area contributed by atoms with Crippen LogP contribution in [-0.2, 0) is 4.79 Å². The highest BCUT2D eigenvalue weighted by molar-refractivity contribution is 8.13. The first-order chi connectivity index (χ1) is 8.45. The van der Waals surface area contributed by atoms with Gasteiger partial charge in [0.05, 0.1) is 11.7 Å². The second-order valence-corrected chi connectivity index (χ2v) is 4.97. The van der Waals surface area contributed by atoms with Crippen LogP contribution in [0.2, 0.25) is 0 Å². The highest BCUT2D eigenvalue weighted by Crippen LogP contribution is 2.23. The van der Waals surface area contributed by atoms with Crippen LogP contribution in [-0.4, -0.2) is 27.2 Å². The van der Waals surface area contributed by atoms with E-state index in [0.717, 1.165) is 11.8 Å². The van der Waals surface area contributed by atoms with E-state index in [9.17, 15) is 15.0 Å². The van der Waals surface area contributed by atoms with E-state index in [4.69, 9.17) is 11.0 Å². The molecule has 0 spiro atoms. The van der Waals surface area contributed by atoms with Gasteiger partial charge in [-0.25, -0.2) is 0 Å². The number of hydrogen-bond donors (Lipinski definition) is 3. The smallest absolute Gasteiger partial charge is 0.185 e. The van der Waals surface area contributed by atoms with Crippen molar-refractivity contribution in [3.63, 3.8) is 0 Å². The molecular weight excluding hydrogens is 252 g/mol. The summed E-state index contributed by atoms with van der Waals surface area (Å²) in [5, 5.41) is 28.3. The van der Waals surface area contributed by atoms with E-state index < -0.39 is 12.2 Å². The van der Waals surface area contributed by atoms with E-state index in [-0.39, 0.29) is 16.4 Å². The molecule has 1 aromatic carbocycles. The van der Waals surface area contributed by atoms with Gasteiger partial charge in [0.15, 0.2) is 5.12 Å². The molecule has 0 saturated heterocycles. The number of aliphatic hydroxyl groups excluding tert-OH is 2. The van der Waals surface area contributed by atoms with Gasteiger partial charge in [-0.05, 0) is 17.7 Å². The quantitative estimate of drug-likeness (QED) is 0.696. The number of anilines is 1. The van der Waals surface area contributed by atoms with Crippen LogP contribution in [0.25, 0.3) is 0 Å². The van der Waals surface area contributed by atoms with Crippen LogP contribution >= 0.6 is 11.8 Å². The molecule has 0 aliphatic carbocycles. The molecule has 4 N–H and O–H groups in total. The summed E-state index contributed by atoms with van der Waals surface area (Å²) >= 11 is 0.937. The zero-order valence-corrected chi connectivity index (χ0v) is 10.6. The van der Waals surface area contributed by atoms with Gasteiger partial charge in [-0.15, -0.1) is 0 Å². The molecule has 1 rings (SSSR count). The predicted molar refractivity (Wildman–Crippen MR) is 69.7 cm³/mol. The number of rotatable bonds is 4. The van der Waals surface area contributed by atoms with Crippen molar-refractivity contribution in [2.24, 2.45) is 0 Å². The molecule has 0 fully saturated rings. The molecule has 0 amide bonds. The molecule has 1 aromatic rings. The lowest BCUT2D eigenvalue weighted by Crippen LogP contribution is -2.21. The zero-order valence-electron chi connectivity index (χ0n) is 9.83. The molecule has 0 bridgehead atoms. The third-order valence-electron chi connectivity index (χ3n) is 2.36. The summed E-state index contributed by atoms with van der Waals surface area (Å²) in [4.78, 5) is 10.8. The normalized spacial score (nSPS) is 13.7. The Kier molecular flexibility index (Phi) is 5.16. The maximum atomic E-state index is 10.8. The number of aliphatic hydroxyl groups is 2. The van der Waals surface area contributed by atoms with Crippen molar-refractivity contribution < 1.29 is 15.0 Å². The van der Waals surface area contributed by atoms with Gasteiger partial charge < -0.3 is 15.9 Å². The monoisotopic (exact) mass is 266 g/mol. The largest absolute Gasteiger partial charge is 0.398 e. The lowest BCUT2D eigenvalue weighted by Gasteiger charge is -2.17. The Bertz CT molecular complexity index is 485. The molecule has 0 heterocycles. The molecule has 96 valence electrons. The molecule has 5 nitrogen and oxygen atoms in total. The van der Waals surface area contributed by atoms with Crippen LogP contribution < -0.4 is 5.73 Å². The van der Waals surface area contributed by atoms with Gasteiger partial charge in [-0.2, -0.15) is 5.26 Å². The summed E-state index contributed by atoms with van der Waals surface area (Å²) in [6, 6.07) is 6.38. The summed E-state index contributed by atoms with van der Waals surface area (Å²) < 4.78 is 0. The van der Waals surface area contributed by atoms with Gasteiger partial charge in [0.2, 0.25) is 0 Å². The van der Waals surface area contributed by atoms with E-state index in [1.807, 2.05) is 6.07 Å². The number of hydrogen-bond acceptors (Lipinski definition) is 6. The Morgan fingerprint density at radius 2 is 2.22 bits per heavy atom. The number of nitrogens with two attached hydrogens (primary N) is 1. The fraction of sp³-hybridized carbons (Fsp3) is 0.333. The number of nitrogens with zero attached hydrogens (tertiary/aromatic N) is 1. The third-order valence-corrected chi connectivity index (χ3v) is 3.28. The number of thioether (sulfide) groups is 1. The Labute approximate surface area is 109 Å². The molecule has 0 aliphatic heterocycles. The Morgan fingerprint density at radius 1 is 1.56 bits per heavy atom. The second-order valence-electron chi connectivity index (χ2n) is 3.77. The highest BCUT2D eigenvalue weighted by atomic mass is 32.2. The molecule has 2 atom stereocenters. The number of nitriles is 1. The molecule has 0 saturated carbocycles. The Hall–Kier alpha value is -1.55. The average Bonchev–Trinajstić information content (AvgIpc) is 2.35. The fourth-order valence-corrected chi connectivity index (χ4v) is 1.96. The lowest BCUT2D eigenvalue weighted by atomic mass is 10.0. The summed E-state index contributed by atoms with van der Waals surface area (Å²) in [7, 11) is 0. The zero-order chi connectivity index (χ0) is 13.7. The fourth-order valence-electron chi connectivity index (χ4n) is 1.37. The van der Waals surface area contributed by atoms with Crippen molar-refractivity contribution in [1.29, 1.82) is 5.26 Å². The van der Waals surface area contributed by atoms with Gasteiger partial charge in [0.1, 0.15) is 12.2 Å². The predicted octanol–water partition coefficient (Wildman–Crippen LogP) is 0.814. The topological polar surface area (TPSA) is 107 Å². The SMILES string of the molecule is CC(=O)SCC(O)C(O)c1ccc(N)c(C#N)c1. The van der Waals surface area contributed by atoms with Crippen LogP contribution in [0.5, 0.6) is 0 Å². The third kappa shape index (κ3) is 3.74. The van der Waals surface area contributed by atoms with Crippen LogP contribution in [0.4, 0.5) is 5.69 Å². The summed E-state index contributed by atoms with van der Waals surface area (Å²) in [6.45, 7) is 1.39. The first kappa shape index (κ1) is 14.5. The van der Waals surface area contributed by atoms with Gasteiger partial charge in [-0.1, -0.05) is 17.8 Å².